The number of aliphatic hydroxyl groups is 2. The highest BCUT2D eigenvalue weighted by molar-refractivity contribution is 5.76. The Morgan fingerprint density at radius 1 is 0.442 bits per heavy atom. The molecular formula is C48H89NO3. The predicted molar refractivity (Wildman–Crippen MR) is 230 cm³/mol. The van der Waals surface area contributed by atoms with Crippen LogP contribution in [0.25, 0.3) is 0 Å². The molecule has 0 aromatic carbocycles. The van der Waals surface area contributed by atoms with Crippen LogP contribution in [-0.2, 0) is 4.79 Å². The van der Waals surface area contributed by atoms with Gasteiger partial charge in [0.15, 0.2) is 0 Å². The molecule has 0 aliphatic rings. The minimum atomic E-state index is -0.873. The SMILES string of the molecule is CCCCCCCC/C=C\CCCCCCCC(=O)NC(CO)C(O)/C=C/CC/C=C/CC/C=C/CCCCCCCCCCCCCCCCC. The molecule has 0 radical (unpaired) electrons. The fourth-order valence-electron chi connectivity index (χ4n) is 6.73. The van der Waals surface area contributed by atoms with Gasteiger partial charge in [0.25, 0.3) is 0 Å². The third-order valence-corrected chi connectivity index (χ3v) is 10.3. The number of hydrogen-bond acceptors (Lipinski definition) is 3. The van der Waals surface area contributed by atoms with Crippen molar-refractivity contribution >= 4 is 5.91 Å². The van der Waals surface area contributed by atoms with Crippen LogP contribution < -0.4 is 5.32 Å². The number of amides is 1. The molecule has 304 valence electrons. The standard InChI is InChI=1S/C48H89NO3/c1-3-5-7-9-11-13-15-17-19-20-21-22-23-24-25-26-27-28-30-31-33-35-37-39-41-43-47(51)46(45-50)49-48(52)44-42-40-38-36-34-32-29-18-16-14-12-10-8-6-4-2/h18,27-29,33,35,41,43,46-47,50-51H,3-17,19-26,30-32,34,36-40,42,44-45H2,1-2H3,(H,49,52)/b28-27+,29-18-,35-33+,43-41+. The smallest absolute Gasteiger partial charge is 0.220 e. The summed E-state index contributed by atoms with van der Waals surface area (Å²) < 4.78 is 0. The second-order valence-corrected chi connectivity index (χ2v) is 15.4. The van der Waals surface area contributed by atoms with Gasteiger partial charge in [-0.1, -0.05) is 204 Å². The molecule has 0 aliphatic carbocycles. The molecule has 0 fully saturated rings. The van der Waals surface area contributed by atoms with Crippen molar-refractivity contribution in [1.82, 2.24) is 5.32 Å². The average molecular weight is 728 g/mol. The highest BCUT2D eigenvalue weighted by atomic mass is 16.3. The zero-order valence-corrected chi connectivity index (χ0v) is 34.8. The van der Waals surface area contributed by atoms with Crippen LogP contribution in [0.2, 0.25) is 0 Å². The minimum Gasteiger partial charge on any atom is -0.394 e. The Morgan fingerprint density at radius 2 is 0.750 bits per heavy atom. The minimum absolute atomic E-state index is 0.0871. The molecule has 4 heteroatoms. The topological polar surface area (TPSA) is 69.6 Å². The first-order chi connectivity index (χ1) is 25.7. The highest BCUT2D eigenvalue weighted by Crippen LogP contribution is 2.14. The quantitative estimate of drug-likeness (QED) is 0.0434. The summed E-state index contributed by atoms with van der Waals surface area (Å²) in [6, 6.07) is -0.649. The monoisotopic (exact) mass is 728 g/mol. The number of nitrogens with one attached hydrogen (secondary N) is 1. The Kier molecular flexibility index (Phi) is 42.4. The van der Waals surface area contributed by atoms with E-state index >= 15 is 0 Å². The number of carbonyl (C=O) groups excluding carboxylic acids is 1. The lowest BCUT2D eigenvalue weighted by atomic mass is 10.0. The molecule has 2 atom stereocenters. The van der Waals surface area contributed by atoms with Crippen molar-refractivity contribution in [2.45, 2.75) is 244 Å². The van der Waals surface area contributed by atoms with Crippen molar-refractivity contribution in [2.75, 3.05) is 6.61 Å². The van der Waals surface area contributed by atoms with Crippen LogP contribution in [0.3, 0.4) is 0 Å². The lowest BCUT2D eigenvalue weighted by molar-refractivity contribution is -0.123. The molecule has 0 saturated heterocycles. The molecule has 2 unspecified atom stereocenters. The van der Waals surface area contributed by atoms with E-state index in [0.717, 1.165) is 51.4 Å². The molecule has 0 heterocycles. The first-order valence-electron chi connectivity index (χ1n) is 22.9. The second kappa shape index (κ2) is 43.8. The lowest BCUT2D eigenvalue weighted by Crippen LogP contribution is -2.45. The van der Waals surface area contributed by atoms with Gasteiger partial charge < -0.3 is 15.5 Å². The number of rotatable bonds is 41. The van der Waals surface area contributed by atoms with E-state index in [9.17, 15) is 15.0 Å². The zero-order chi connectivity index (χ0) is 37.8. The molecule has 0 spiro atoms. The van der Waals surface area contributed by atoms with Crippen LogP contribution in [0.5, 0.6) is 0 Å². The first kappa shape index (κ1) is 50.4. The van der Waals surface area contributed by atoms with E-state index in [1.54, 1.807) is 6.08 Å². The summed E-state index contributed by atoms with van der Waals surface area (Å²) in [7, 11) is 0. The molecular weight excluding hydrogens is 639 g/mol. The molecule has 3 N–H and O–H groups in total. The van der Waals surface area contributed by atoms with Crippen molar-refractivity contribution in [3.8, 4) is 0 Å². The van der Waals surface area contributed by atoms with E-state index in [0.29, 0.717) is 6.42 Å². The fraction of sp³-hybridized carbons (Fsp3) is 0.812. The van der Waals surface area contributed by atoms with Gasteiger partial charge in [-0.2, -0.15) is 0 Å². The van der Waals surface area contributed by atoms with Crippen molar-refractivity contribution in [1.29, 1.82) is 0 Å². The van der Waals surface area contributed by atoms with E-state index < -0.39 is 12.1 Å². The largest absolute Gasteiger partial charge is 0.394 e. The number of allylic oxidation sites excluding steroid dienone is 7. The number of carbonyl (C=O) groups is 1. The maximum absolute atomic E-state index is 12.4. The summed E-state index contributed by atoms with van der Waals surface area (Å²) in [6.07, 6.45) is 59.4. The zero-order valence-electron chi connectivity index (χ0n) is 34.8. The lowest BCUT2D eigenvalue weighted by Gasteiger charge is -2.19. The number of hydrogen-bond donors (Lipinski definition) is 3. The highest BCUT2D eigenvalue weighted by Gasteiger charge is 2.17. The van der Waals surface area contributed by atoms with Crippen molar-refractivity contribution in [3.05, 3.63) is 48.6 Å². The van der Waals surface area contributed by atoms with E-state index in [-0.39, 0.29) is 12.5 Å². The summed E-state index contributed by atoms with van der Waals surface area (Å²) in [6.45, 7) is 4.29. The first-order valence-corrected chi connectivity index (χ1v) is 22.9. The molecule has 0 rings (SSSR count). The van der Waals surface area contributed by atoms with Crippen LogP contribution in [-0.4, -0.2) is 34.9 Å². The average Bonchev–Trinajstić information content (AvgIpc) is 3.15. The summed E-state index contributed by atoms with van der Waals surface area (Å²) in [4.78, 5) is 12.4. The molecule has 0 aromatic heterocycles. The molecule has 4 nitrogen and oxygen atoms in total. The summed E-state index contributed by atoms with van der Waals surface area (Å²) in [5.74, 6) is -0.0871. The van der Waals surface area contributed by atoms with Crippen LogP contribution in [0.4, 0.5) is 0 Å². The number of unbranched alkanes of at least 4 members (excludes halogenated alkanes) is 28. The molecule has 0 aromatic rings. The normalized spacial score (nSPS) is 13.4. The van der Waals surface area contributed by atoms with Crippen LogP contribution >= 0.6 is 0 Å². The van der Waals surface area contributed by atoms with E-state index in [1.165, 1.54) is 161 Å². The summed E-state index contributed by atoms with van der Waals surface area (Å²) in [5.41, 5.74) is 0. The Bertz CT molecular complexity index is 831. The molecule has 0 bridgehead atoms. The third kappa shape index (κ3) is 39.6. The van der Waals surface area contributed by atoms with Gasteiger partial charge in [0, 0.05) is 6.42 Å². The van der Waals surface area contributed by atoms with Crippen LogP contribution in [0, 0.1) is 0 Å². The van der Waals surface area contributed by atoms with Gasteiger partial charge in [0.1, 0.15) is 0 Å². The van der Waals surface area contributed by atoms with Gasteiger partial charge in [-0.25, -0.2) is 0 Å². The van der Waals surface area contributed by atoms with E-state index in [4.69, 9.17) is 0 Å². The Hall–Kier alpha value is -1.65. The van der Waals surface area contributed by atoms with Crippen LogP contribution in [0.15, 0.2) is 48.6 Å². The number of aliphatic hydroxyl groups excluding tert-OH is 2. The van der Waals surface area contributed by atoms with Gasteiger partial charge in [-0.3, -0.25) is 4.79 Å². The van der Waals surface area contributed by atoms with Gasteiger partial charge in [0.2, 0.25) is 5.91 Å². The Balaban J connectivity index is 3.63. The van der Waals surface area contributed by atoms with Crippen molar-refractivity contribution in [2.24, 2.45) is 0 Å². The third-order valence-electron chi connectivity index (χ3n) is 10.3. The molecule has 1 amide bonds. The molecule has 52 heavy (non-hydrogen) atoms. The van der Waals surface area contributed by atoms with E-state index in [2.05, 4.69) is 55.6 Å². The molecule has 0 aliphatic heterocycles. The fourth-order valence-corrected chi connectivity index (χ4v) is 6.73. The van der Waals surface area contributed by atoms with Crippen LogP contribution in [0.1, 0.15) is 232 Å². The maximum atomic E-state index is 12.4. The summed E-state index contributed by atoms with van der Waals surface area (Å²) in [5, 5.41) is 23.0. The maximum Gasteiger partial charge on any atom is 0.220 e. The Morgan fingerprint density at radius 3 is 1.12 bits per heavy atom. The summed E-state index contributed by atoms with van der Waals surface area (Å²) >= 11 is 0. The van der Waals surface area contributed by atoms with Gasteiger partial charge in [-0.15, -0.1) is 0 Å². The predicted octanol–water partition coefficient (Wildman–Crippen LogP) is 14.4. The van der Waals surface area contributed by atoms with Crippen molar-refractivity contribution in [3.63, 3.8) is 0 Å². The second-order valence-electron chi connectivity index (χ2n) is 15.4. The van der Waals surface area contributed by atoms with Gasteiger partial charge in [0.05, 0.1) is 18.8 Å². The van der Waals surface area contributed by atoms with Gasteiger partial charge >= 0.3 is 0 Å². The van der Waals surface area contributed by atoms with Gasteiger partial charge in [-0.05, 0) is 70.6 Å². The van der Waals surface area contributed by atoms with Crippen molar-refractivity contribution < 1.29 is 15.0 Å². The van der Waals surface area contributed by atoms with E-state index in [1.807, 2.05) is 6.08 Å². The molecule has 0 saturated carbocycles. The Labute approximate surface area is 324 Å².